The molecule has 0 radical (unpaired) electrons. The van der Waals surface area contributed by atoms with Crippen LogP contribution in [0.3, 0.4) is 0 Å². The molecular formula is C25H25N5O4. The first-order valence-electron chi connectivity index (χ1n) is 10.7. The monoisotopic (exact) mass is 459 g/mol. The number of benzene rings is 2. The van der Waals surface area contributed by atoms with Crippen molar-refractivity contribution in [1.29, 1.82) is 0 Å². The second-order valence-electron chi connectivity index (χ2n) is 8.20. The zero-order valence-corrected chi connectivity index (χ0v) is 19.4. The lowest BCUT2D eigenvalue weighted by molar-refractivity contribution is 0.0952. The summed E-state index contributed by atoms with van der Waals surface area (Å²) in [6.07, 6.45) is 0. The summed E-state index contributed by atoms with van der Waals surface area (Å²) in [6.45, 7) is 2.34. The van der Waals surface area contributed by atoms with Gasteiger partial charge in [-0.2, -0.15) is 0 Å². The van der Waals surface area contributed by atoms with Crippen molar-refractivity contribution < 1.29 is 9.59 Å². The summed E-state index contributed by atoms with van der Waals surface area (Å²) < 4.78 is 3.81. The van der Waals surface area contributed by atoms with Crippen LogP contribution in [0.5, 0.6) is 0 Å². The number of rotatable bonds is 5. The lowest BCUT2D eigenvalue weighted by Gasteiger charge is -2.12. The molecule has 0 unspecified atom stereocenters. The first-order valence-corrected chi connectivity index (χ1v) is 10.7. The molecule has 4 rings (SSSR count). The Morgan fingerprint density at radius 3 is 2.24 bits per heavy atom. The molecular weight excluding hydrogens is 434 g/mol. The Kier molecular flexibility index (Phi) is 5.93. The third-order valence-electron chi connectivity index (χ3n) is 5.85. The van der Waals surface area contributed by atoms with E-state index in [1.54, 1.807) is 38.4 Å². The molecule has 2 heterocycles. The number of aryl methyl sites for hydroxylation is 3. The highest BCUT2D eigenvalue weighted by molar-refractivity contribution is 6.09. The fourth-order valence-electron chi connectivity index (χ4n) is 3.92. The summed E-state index contributed by atoms with van der Waals surface area (Å²) in [6, 6.07) is 16.0. The molecule has 2 N–H and O–H groups in total. The third kappa shape index (κ3) is 4.03. The molecule has 0 aliphatic heterocycles. The van der Waals surface area contributed by atoms with E-state index < -0.39 is 17.2 Å². The number of para-hydroxylation sites is 1. The highest BCUT2D eigenvalue weighted by Gasteiger charge is 2.21. The van der Waals surface area contributed by atoms with E-state index in [1.165, 1.54) is 22.2 Å². The molecule has 0 saturated carbocycles. The van der Waals surface area contributed by atoms with Gasteiger partial charge in [0.25, 0.3) is 17.4 Å². The summed E-state index contributed by atoms with van der Waals surface area (Å²) in [4.78, 5) is 50.8. The van der Waals surface area contributed by atoms with E-state index in [4.69, 9.17) is 0 Å². The number of nitrogens with one attached hydrogen (secondary N) is 2. The smallest absolute Gasteiger partial charge is 0.332 e. The van der Waals surface area contributed by atoms with Crippen molar-refractivity contribution >= 4 is 28.5 Å². The zero-order valence-electron chi connectivity index (χ0n) is 19.4. The van der Waals surface area contributed by atoms with Crippen LogP contribution in [0, 0.1) is 6.92 Å². The van der Waals surface area contributed by atoms with Gasteiger partial charge in [0.1, 0.15) is 11.3 Å². The van der Waals surface area contributed by atoms with E-state index in [0.717, 1.165) is 15.7 Å². The van der Waals surface area contributed by atoms with Gasteiger partial charge >= 0.3 is 5.69 Å². The summed E-state index contributed by atoms with van der Waals surface area (Å²) in [5, 5.41) is 5.89. The molecule has 0 bridgehead atoms. The molecule has 2 aromatic heterocycles. The Labute approximate surface area is 195 Å². The van der Waals surface area contributed by atoms with E-state index >= 15 is 0 Å². The van der Waals surface area contributed by atoms with Crippen molar-refractivity contribution in [3.8, 4) is 0 Å². The van der Waals surface area contributed by atoms with Crippen LogP contribution < -0.4 is 21.9 Å². The maximum absolute atomic E-state index is 13.1. The van der Waals surface area contributed by atoms with Gasteiger partial charge in [-0.1, -0.05) is 42.0 Å². The molecule has 0 fully saturated rings. The number of hydrogen-bond acceptors (Lipinski definition) is 4. The summed E-state index contributed by atoms with van der Waals surface area (Å²) >= 11 is 0. The molecule has 0 spiro atoms. The van der Waals surface area contributed by atoms with Crippen molar-refractivity contribution in [3.05, 3.63) is 97.8 Å². The van der Waals surface area contributed by atoms with E-state index in [9.17, 15) is 19.2 Å². The Morgan fingerprint density at radius 1 is 0.853 bits per heavy atom. The topological polar surface area (TPSA) is 107 Å². The van der Waals surface area contributed by atoms with Crippen LogP contribution >= 0.6 is 0 Å². The molecule has 9 nitrogen and oxygen atoms in total. The maximum Gasteiger partial charge on any atom is 0.332 e. The molecule has 0 aliphatic carbocycles. The van der Waals surface area contributed by atoms with Gasteiger partial charge in [-0.05, 0) is 30.7 Å². The zero-order chi connectivity index (χ0) is 24.6. The SMILES string of the molecule is Cc1ccc(CNC(=O)c2ccccc2NC(=O)c2cc3c(=O)n(C)c(=O)n(C)c3n2C)cc1. The Hall–Kier alpha value is -4.40. The van der Waals surface area contributed by atoms with Crippen molar-refractivity contribution in [2.75, 3.05) is 5.32 Å². The van der Waals surface area contributed by atoms with Crippen molar-refractivity contribution in [3.63, 3.8) is 0 Å². The van der Waals surface area contributed by atoms with Crippen molar-refractivity contribution in [2.24, 2.45) is 21.1 Å². The highest BCUT2D eigenvalue weighted by Crippen LogP contribution is 2.19. The largest absolute Gasteiger partial charge is 0.348 e. The van der Waals surface area contributed by atoms with Gasteiger partial charge < -0.3 is 15.2 Å². The van der Waals surface area contributed by atoms with Gasteiger partial charge in [-0.3, -0.25) is 23.5 Å². The number of nitrogens with zero attached hydrogens (tertiary/aromatic N) is 3. The highest BCUT2D eigenvalue weighted by atomic mass is 16.2. The molecule has 4 aromatic rings. The molecule has 174 valence electrons. The normalized spacial score (nSPS) is 10.9. The van der Waals surface area contributed by atoms with Crippen LogP contribution in [-0.4, -0.2) is 25.5 Å². The minimum Gasteiger partial charge on any atom is -0.348 e. The number of fused-ring (bicyclic) bond motifs is 1. The van der Waals surface area contributed by atoms with Crippen LogP contribution in [0.1, 0.15) is 32.0 Å². The first kappa shape index (κ1) is 22.8. The summed E-state index contributed by atoms with van der Waals surface area (Å²) in [7, 11) is 4.54. The molecule has 0 saturated heterocycles. The molecule has 0 atom stereocenters. The number of hydrogen-bond donors (Lipinski definition) is 2. The molecule has 0 aliphatic rings. The second kappa shape index (κ2) is 8.86. The van der Waals surface area contributed by atoms with Gasteiger partial charge in [-0.25, -0.2) is 4.79 Å². The maximum atomic E-state index is 13.1. The van der Waals surface area contributed by atoms with Gasteiger partial charge in [0.05, 0.1) is 16.6 Å². The lowest BCUT2D eigenvalue weighted by Crippen LogP contribution is -2.37. The van der Waals surface area contributed by atoms with E-state index in [0.29, 0.717) is 23.4 Å². The van der Waals surface area contributed by atoms with Crippen LogP contribution in [0.15, 0.2) is 64.2 Å². The van der Waals surface area contributed by atoms with Crippen molar-refractivity contribution in [1.82, 2.24) is 19.0 Å². The Balaban J connectivity index is 1.61. The quantitative estimate of drug-likeness (QED) is 0.476. The van der Waals surface area contributed by atoms with Crippen LogP contribution in [0.2, 0.25) is 0 Å². The number of carbonyl (C=O) groups excluding carboxylic acids is 2. The van der Waals surface area contributed by atoms with Gasteiger partial charge in [0, 0.05) is 27.7 Å². The number of aromatic nitrogens is 3. The molecule has 34 heavy (non-hydrogen) atoms. The predicted molar refractivity (Wildman–Crippen MR) is 130 cm³/mol. The average molecular weight is 460 g/mol. The minimum absolute atomic E-state index is 0.183. The Bertz CT molecular complexity index is 1540. The van der Waals surface area contributed by atoms with Gasteiger partial charge in [-0.15, -0.1) is 0 Å². The predicted octanol–water partition coefficient (Wildman–Crippen LogP) is 2.07. The fourth-order valence-corrected chi connectivity index (χ4v) is 3.92. The van der Waals surface area contributed by atoms with E-state index in [1.807, 2.05) is 31.2 Å². The standard InChI is InChI=1S/C25H25N5O4/c1-15-9-11-16(12-10-15)14-26-21(31)17-7-5-6-8-19(17)27-22(32)20-13-18-23(28(20)2)29(3)25(34)30(4)24(18)33/h5-13H,14H2,1-4H3,(H,26,31)(H,27,32). The molecule has 2 amide bonds. The first-order chi connectivity index (χ1) is 16.2. The second-order valence-corrected chi connectivity index (χ2v) is 8.20. The number of carbonyl (C=O) groups is 2. The fraction of sp³-hybridized carbons (Fsp3) is 0.200. The molecule has 9 heteroatoms. The summed E-state index contributed by atoms with van der Waals surface area (Å²) in [5.74, 6) is -0.836. The van der Waals surface area contributed by atoms with Crippen LogP contribution in [0.25, 0.3) is 11.0 Å². The van der Waals surface area contributed by atoms with E-state index in [2.05, 4.69) is 10.6 Å². The average Bonchev–Trinajstić information content (AvgIpc) is 3.18. The van der Waals surface area contributed by atoms with Gasteiger partial charge in [0.15, 0.2) is 0 Å². The van der Waals surface area contributed by atoms with Crippen LogP contribution in [-0.2, 0) is 27.7 Å². The summed E-state index contributed by atoms with van der Waals surface area (Å²) in [5.41, 5.74) is 2.29. The van der Waals surface area contributed by atoms with E-state index in [-0.39, 0.29) is 17.0 Å². The lowest BCUT2D eigenvalue weighted by atomic mass is 10.1. The number of anilines is 1. The van der Waals surface area contributed by atoms with Crippen LogP contribution in [0.4, 0.5) is 5.69 Å². The van der Waals surface area contributed by atoms with Crippen molar-refractivity contribution in [2.45, 2.75) is 13.5 Å². The minimum atomic E-state index is -0.507. The number of amides is 2. The Morgan fingerprint density at radius 2 is 1.53 bits per heavy atom. The third-order valence-corrected chi connectivity index (χ3v) is 5.85. The molecule has 2 aromatic carbocycles. The van der Waals surface area contributed by atoms with Gasteiger partial charge in [0.2, 0.25) is 0 Å².